The zero-order chi connectivity index (χ0) is 27.5. The minimum Gasteiger partial charge on any atom is -0.394 e. The molecule has 37 heavy (non-hydrogen) atoms. The van der Waals surface area contributed by atoms with Crippen LogP contribution in [0.5, 0.6) is 0 Å². The number of unbranched alkanes of at least 4 members (excludes halogenated alkanes) is 11. The maximum Gasteiger partial charge on any atom is 0.217 e. The molecule has 0 aliphatic carbocycles. The second-order valence-electron chi connectivity index (χ2n) is 9.78. The van der Waals surface area contributed by atoms with Crippen molar-refractivity contribution in [2.75, 3.05) is 13.2 Å². The monoisotopic (exact) mass is 528 g/mol. The molecule has 0 unspecified atom stereocenters. The lowest BCUT2D eigenvalue weighted by Crippen LogP contribution is -2.64. The van der Waals surface area contributed by atoms with E-state index in [0.29, 0.717) is 0 Å². The van der Waals surface area contributed by atoms with Crippen molar-refractivity contribution in [3.8, 4) is 0 Å². The Morgan fingerprint density at radius 3 is 2.22 bits per heavy atom. The number of allylic oxidation sites excluding steroid dienone is 1. The molecular formula is C26H48N4O7. The first-order chi connectivity index (χ1) is 17.8. The number of amides is 1. The van der Waals surface area contributed by atoms with Crippen LogP contribution >= 0.6 is 0 Å². The molecule has 0 aromatic rings. The summed E-state index contributed by atoms with van der Waals surface area (Å²) in [5.41, 5.74) is 8.91. The molecule has 7 atom stereocenters. The first-order valence-corrected chi connectivity index (χ1v) is 13.8. The van der Waals surface area contributed by atoms with Crippen LogP contribution in [-0.4, -0.2) is 82.3 Å². The molecule has 0 bridgehead atoms. The standard InChI is InChI=1S/C26H48N4O7/c1-3-4-5-6-7-8-9-10-11-12-13-14-15-16-21(33)20(29-30-27)18-36-26-23(28-19(2)32)25(35)24(34)22(17-31)37-26/h15-16,20-26,31,33-35H,3-14,17-18H2,1-2H3,(H,28,32)/b16-15+/t20-,21+,22+,23+,24+,25+,26+/m0/s1. The van der Waals surface area contributed by atoms with Gasteiger partial charge in [0.1, 0.15) is 24.4 Å². The molecule has 1 rings (SSSR count). The molecule has 0 saturated carbocycles. The lowest BCUT2D eigenvalue weighted by molar-refractivity contribution is -0.271. The number of carbonyl (C=O) groups is 1. The third-order valence-electron chi connectivity index (χ3n) is 6.58. The van der Waals surface area contributed by atoms with Crippen molar-refractivity contribution in [3.05, 3.63) is 22.6 Å². The molecule has 5 N–H and O–H groups in total. The average molecular weight is 529 g/mol. The fourth-order valence-corrected chi connectivity index (χ4v) is 4.36. The van der Waals surface area contributed by atoms with Crippen LogP contribution in [0.4, 0.5) is 0 Å². The van der Waals surface area contributed by atoms with Gasteiger partial charge >= 0.3 is 0 Å². The van der Waals surface area contributed by atoms with Gasteiger partial charge < -0.3 is 35.2 Å². The zero-order valence-electron chi connectivity index (χ0n) is 22.5. The second kappa shape index (κ2) is 20.3. The van der Waals surface area contributed by atoms with Gasteiger partial charge in [0.2, 0.25) is 5.91 Å². The normalized spacial score (nSPS) is 25.5. The maximum absolute atomic E-state index is 11.5. The molecule has 1 aliphatic rings. The van der Waals surface area contributed by atoms with E-state index in [-0.39, 0.29) is 6.61 Å². The van der Waals surface area contributed by atoms with Crippen LogP contribution in [-0.2, 0) is 14.3 Å². The van der Waals surface area contributed by atoms with Gasteiger partial charge in [-0.25, -0.2) is 0 Å². The molecule has 1 amide bonds. The van der Waals surface area contributed by atoms with Gasteiger partial charge in [-0.3, -0.25) is 4.79 Å². The number of azide groups is 1. The van der Waals surface area contributed by atoms with Crippen LogP contribution in [0.1, 0.15) is 90.9 Å². The highest BCUT2D eigenvalue weighted by molar-refractivity contribution is 5.73. The first-order valence-electron chi connectivity index (χ1n) is 13.8. The smallest absolute Gasteiger partial charge is 0.217 e. The van der Waals surface area contributed by atoms with E-state index in [4.69, 9.17) is 15.0 Å². The van der Waals surface area contributed by atoms with Crippen LogP contribution in [0.25, 0.3) is 10.4 Å². The minimum atomic E-state index is -1.45. The molecule has 1 aliphatic heterocycles. The number of nitrogens with one attached hydrogen (secondary N) is 1. The number of aliphatic hydroxyl groups excluding tert-OH is 4. The minimum absolute atomic E-state index is 0.268. The molecular weight excluding hydrogens is 480 g/mol. The van der Waals surface area contributed by atoms with E-state index in [0.717, 1.165) is 19.3 Å². The quantitative estimate of drug-likeness (QED) is 0.0529. The van der Waals surface area contributed by atoms with E-state index >= 15 is 0 Å². The van der Waals surface area contributed by atoms with E-state index in [2.05, 4.69) is 22.3 Å². The van der Waals surface area contributed by atoms with E-state index in [1.165, 1.54) is 64.7 Å². The topological polar surface area (TPSA) is 177 Å². The number of ether oxygens (including phenoxy) is 2. The number of aliphatic hydroxyl groups is 4. The molecule has 11 heteroatoms. The summed E-state index contributed by atoms with van der Waals surface area (Å²) in [7, 11) is 0. The summed E-state index contributed by atoms with van der Waals surface area (Å²) in [5.74, 6) is -0.479. The fraction of sp³-hybridized carbons (Fsp3) is 0.885. The van der Waals surface area contributed by atoms with Crippen molar-refractivity contribution in [1.82, 2.24) is 5.32 Å². The summed E-state index contributed by atoms with van der Waals surface area (Å²) in [5, 5.41) is 46.4. The van der Waals surface area contributed by atoms with Crippen molar-refractivity contribution in [3.63, 3.8) is 0 Å². The van der Waals surface area contributed by atoms with Gasteiger partial charge in [-0.15, -0.1) is 0 Å². The van der Waals surface area contributed by atoms with Crippen LogP contribution in [0, 0.1) is 0 Å². The van der Waals surface area contributed by atoms with Gasteiger partial charge in [-0.2, -0.15) is 0 Å². The largest absolute Gasteiger partial charge is 0.394 e. The number of carbonyl (C=O) groups excluding carboxylic acids is 1. The zero-order valence-corrected chi connectivity index (χ0v) is 22.5. The summed E-state index contributed by atoms with van der Waals surface area (Å²) in [6.45, 7) is 2.63. The maximum atomic E-state index is 11.5. The summed E-state index contributed by atoms with van der Waals surface area (Å²) in [6.07, 6.45) is 11.7. The van der Waals surface area contributed by atoms with Crippen molar-refractivity contribution >= 4 is 5.91 Å². The Morgan fingerprint density at radius 1 is 1.08 bits per heavy atom. The summed E-state index contributed by atoms with van der Waals surface area (Å²) < 4.78 is 11.1. The number of nitrogens with zero attached hydrogens (tertiary/aromatic N) is 3. The Kier molecular flexibility index (Phi) is 18.2. The van der Waals surface area contributed by atoms with Gasteiger partial charge in [-0.05, 0) is 18.4 Å². The van der Waals surface area contributed by atoms with Crippen LogP contribution in [0.15, 0.2) is 17.3 Å². The van der Waals surface area contributed by atoms with E-state index in [9.17, 15) is 25.2 Å². The van der Waals surface area contributed by atoms with E-state index in [1.807, 2.05) is 6.08 Å². The van der Waals surface area contributed by atoms with Crippen molar-refractivity contribution in [2.45, 2.75) is 134 Å². The van der Waals surface area contributed by atoms with Gasteiger partial charge in [0.05, 0.1) is 25.4 Å². The highest BCUT2D eigenvalue weighted by Crippen LogP contribution is 2.23. The predicted octanol–water partition coefficient (Wildman–Crippen LogP) is 3.24. The van der Waals surface area contributed by atoms with Gasteiger partial charge in [0.25, 0.3) is 0 Å². The number of hydrogen-bond acceptors (Lipinski definition) is 8. The molecule has 1 fully saturated rings. The predicted molar refractivity (Wildman–Crippen MR) is 140 cm³/mol. The van der Waals surface area contributed by atoms with Crippen molar-refractivity contribution in [1.29, 1.82) is 0 Å². The highest BCUT2D eigenvalue weighted by Gasteiger charge is 2.45. The Hall–Kier alpha value is -1.72. The third-order valence-corrected chi connectivity index (χ3v) is 6.58. The Bertz CT molecular complexity index is 690. The Balaban J connectivity index is 2.41. The molecule has 0 radical (unpaired) electrons. The van der Waals surface area contributed by atoms with Crippen molar-refractivity contribution in [2.24, 2.45) is 5.11 Å². The lowest BCUT2D eigenvalue weighted by atomic mass is 9.97. The molecule has 0 aromatic carbocycles. The Labute approximate surface area is 220 Å². The second-order valence-corrected chi connectivity index (χ2v) is 9.78. The molecule has 0 aromatic heterocycles. The van der Waals surface area contributed by atoms with Crippen molar-refractivity contribution < 1.29 is 34.7 Å². The number of rotatable bonds is 20. The van der Waals surface area contributed by atoms with E-state index in [1.54, 1.807) is 6.08 Å². The highest BCUT2D eigenvalue weighted by atomic mass is 16.7. The Morgan fingerprint density at radius 2 is 1.68 bits per heavy atom. The average Bonchev–Trinajstić information content (AvgIpc) is 2.87. The fourth-order valence-electron chi connectivity index (χ4n) is 4.36. The molecule has 1 saturated heterocycles. The molecule has 0 spiro atoms. The first kappa shape index (κ1) is 33.3. The molecule has 214 valence electrons. The molecule has 1 heterocycles. The summed E-state index contributed by atoms with van der Waals surface area (Å²) in [4.78, 5) is 14.3. The van der Waals surface area contributed by atoms with Crippen LogP contribution < -0.4 is 5.32 Å². The SMILES string of the molecule is CCCCCCCCCCCCC/C=C/[C@@H](O)[C@H](CO[C@@H]1O[C@H](CO)[C@@H](O)[C@H](O)[C@H]1NC(C)=O)N=[N+]=[N-]. The summed E-state index contributed by atoms with van der Waals surface area (Å²) in [6, 6.07) is -2.09. The van der Waals surface area contributed by atoms with Crippen LogP contribution in [0.3, 0.4) is 0 Å². The number of hydrogen-bond donors (Lipinski definition) is 5. The van der Waals surface area contributed by atoms with Crippen LogP contribution in [0.2, 0.25) is 0 Å². The van der Waals surface area contributed by atoms with Gasteiger partial charge in [-0.1, -0.05) is 88.4 Å². The van der Waals surface area contributed by atoms with E-state index < -0.39 is 55.3 Å². The van der Waals surface area contributed by atoms with Gasteiger partial charge in [0, 0.05) is 11.8 Å². The third kappa shape index (κ3) is 13.6. The molecule has 11 nitrogen and oxygen atoms in total. The summed E-state index contributed by atoms with van der Waals surface area (Å²) >= 11 is 0. The van der Waals surface area contributed by atoms with Gasteiger partial charge in [0.15, 0.2) is 6.29 Å². The lowest BCUT2D eigenvalue weighted by Gasteiger charge is -2.42.